The summed E-state index contributed by atoms with van der Waals surface area (Å²) < 4.78 is 1.76. The van der Waals surface area contributed by atoms with Gasteiger partial charge in [-0.3, -0.25) is 4.68 Å². The Labute approximate surface area is 142 Å². The van der Waals surface area contributed by atoms with Gasteiger partial charge < -0.3 is 5.11 Å². The van der Waals surface area contributed by atoms with Crippen LogP contribution in [0.5, 0.6) is 0 Å². The third kappa shape index (κ3) is 3.43. The van der Waals surface area contributed by atoms with Gasteiger partial charge in [0.1, 0.15) is 12.7 Å². The van der Waals surface area contributed by atoms with Gasteiger partial charge in [0.25, 0.3) is 0 Å². The highest BCUT2D eigenvalue weighted by molar-refractivity contribution is 6.30. The summed E-state index contributed by atoms with van der Waals surface area (Å²) in [5, 5.41) is 16.5. The molecule has 23 heavy (non-hydrogen) atoms. The third-order valence-electron chi connectivity index (χ3n) is 5.26. The molecule has 1 N–H and O–H groups in total. The number of aromatic nitrogens is 3. The smallest absolute Gasteiger partial charge is 0.137 e. The van der Waals surface area contributed by atoms with Crippen molar-refractivity contribution >= 4 is 11.6 Å². The SMILES string of the molecule is CC(C)C1CCC(Cc2ccc(Cl)cc2)[C@@]1(O)Cn1cncn1. The molecule has 0 radical (unpaired) electrons. The molecule has 0 saturated heterocycles. The van der Waals surface area contributed by atoms with Gasteiger partial charge >= 0.3 is 0 Å². The molecule has 1 aliphatic rings. The third-order valence-corrected chi connectivity index (χ3v) is 5.51. The van der Waals surface area contributed by atoms with E-state index in [4.69, 9.17) is 11.6 Å². The Balaban J connectivity index is 1.83. The van der Waals surface area contributed by atoms with Crippen molar-refractivity contribution in [1.29, 1.82) is 0 Å². The highest BCUT2D eigenvalue weighted by atomic mass is 35.5. The molecule has 5 heteroatoms. The molecular formula is C18H24ClN3O. The number of hydrogen-bond donors (Lipinski definition) is 1. The topological polar surface area (TPSA) is 50.9 Å². The van der Waals surface area contributed by atoms with Gasteiger partial charge in [0.15, 0.2) is 0 Å². The highest BCUT2D eigenvalue weighted by Gasteiger charge is 2.50. The van der Waals surface area contributed by atoms with E-state index in [0.29, 0.717) is 12.5 Å². The minimum atomic E-state index is -0.749. The van der Waals surface area contributed by atoms with Crippen LogP contribution >= 0.6 is 11.6 Å². The van der Waals surface area contributed by atoms with E-state index in [1.807, 2.05) is 12.1 Å². The Morgan fingerprint density at radius 3 is 2.65 bits per heavy atom. The summed E-state index contributed by atoms with van der Waals surface area (Å²) in [6.45, 7) is 4.90. The zero-order valence-corrected chi connectivity index (χ0v) is 14.4. The first-order valence-electron chi connectivity index (χ1n) is 8.28. The maximum atomic E-state index is 11.6. The molecule has 2 unspecified atom stereocenters. The first-order chi connectivity index (χ1) is 11.0. The van der Waals surface area contributed by atoms with E-state index in [-0.39, 0.29) is 11.8 Å². The first-order valence-corrected chi connectivity index (χ1v) is 8.66. The average molecular weight is 334 g/mol. The van der Waals surface area contributed by atoms with E-state index in [2.05, 4.69) is 36.1 Å². The average Bonchev–Trinajstić information content (AvgIpc) is 3.10. The Kier molecular flexibility index (Phi) is 4.74. The van der Waals surface area contributed by atoms with Gasteiger partial charge in [-0.05, 0) is 54.7 Å². The fourth-order valence-corrected chi connectivity index (χ4v) is 4.22. The van der Waals surface area contributed by atoms with Crippen LogP contribution in [0.4, 0.5) is 0 Å². The molecule has 0 bridgehead atoms. The van der Waals surface area contributed by atoms with Gasteiger partial charge in [-0.1, -0.05) is 37.6 Å². The van der Waals surface area contributed by atoms with Crippen LogP contribution in [-0.2, 0) is 13.0 Å². The molecule has 1 aromatic heterocycles. The maximum Gasteiger partial charge on any atom is 0.137 e. The lowest BCUT2D eigenvalue weighted by molar-refractivity contribution is -0.0667. The van der Waals surface area contributed by atoms with Crippen molar-refractivity contribution in [3.63, 3.8) is 0 Å². The molecule has 1 aromatic carbocycles. The number of hydrogen-bond acceptors (Lipinski definition) is 3. The summed E-state index contributed by atoms with van der Waals surface area (Å²) in [5.74, 6) is 0.947. The lowest BCUT2D eigenvalue weighted by Gasteiger charge is -2.37. The Bertz CT molecular complexity index is 626. The Morgan fingerprint density at radius 2 is 2.04 bits per heavy atom. The van der Waals surface area contributed by atoms with Gasteiger partial charge in [0, 0.05) is 5.02 Å². The lowest BCUT2D eigenvalue weighted by atomic mass is 9.76. The van der Waals surface area contributed by atoms with E-state index < -0.39 is 5.60 Å². The molecular weight excluding hydrogens is 310 g/mol. The molecule has 3 atom stereocenters. The second-order valence-electron chi connectivity index (χ2n) is 7.04. The fraction of sp³-hybridized carbons (Fsp3) is 0.556. The van der Waals surface area contributed by atoms with E-state index in [1.54, 1.807) is 11.0 Å². The van der Waals surface area contributed by atoms with Gasteiger partial charge in [-0.15, -0.1) is 0 Å². The van der Waals surface area contributed by atoms with Gasteiger partial charge in [0.05, 0.1) is 12.1 Å². The van der Waals surface area contributed by atoms with Crippen molar-refractivity contribution in [2.24, 2.45) is 17.8 Å². The quantitative estimate of drug-likeness (QED) is 0.909. The predicted octanol–water partition coefficient (Wildman–Crippen LogP) is 3.59. The van der Waals surface area contributed by atoms with Crippen LogP contribution in [0.1, 0.15) is 32.3 Å². The minimum Gasteiger partial charge on any atom is -0.387 e. The second kappa shape index (κ2) is 6.62. The monoisotopic (exact) mass is 333 g/mol. The van der Waals surface area contributed by atoms with Crippen molar-refractivity contribution in [1.82, 2.24) is 14.8 Å². The van der Waals surface area contributed by atoms with Crippen molar-refractivity contribution in [2.45, 2.75) is 45.3 Å². The van der Waals surface area contributed by atoms with E-state index >= 15 is 0 Å². The van der Waals surface area contributed by atoms with Crippen LogP contribution in [0, 0.1) is 17.8 Å². The van der Waals surface area contributed by atoms with Gasteiger partial charge in [-0.25, -0.2) is 4.98 Å². The van der Waals surface area contributed by atoms with Crippen LogP contribution in [0.25, 0.3) is 0 Å². The van der Waals surface area contributed by atoms with E-state index in [1.165, 1.54) is 11.9 Å². The molecule has 124 valence electrons. The minimum absolute atomic E-state index is 0.222. The molecule has 1 aliphatic carbocycles. The zero-order valence-electron chi connectivity index (χ0n) is 13.7. The van der Waals surface area contributed by atoms with Gasteiger partial charge in [0.2, 0.25) is 0 Å². The fourth-order valence-electron chi connectivity index (χ4n) is 4.10. The highest BCUT2D eigenvalue weighted by Crippen LogP contribution is 2.46. The molecule has 1 saturated carbocycles. The zero-order chi connectivity index (χ0) is 16.4. The lowest BCUT2D eigenvalue weighted by Crippen LogP contribution is -2.46. The molecule has 0 aliphatic heterocycles. The summed E-state index contributed by atoms with van der Waals surface area (Å²) in [4.78, 5) is 4.01. The number of rotatable bonds is 5. The van der Waals surface area contributed by atoms with Crippen LogP contribution < -0.4 is 0 Å². The molecule has 2 aromatic rings. The number of halogens is 1. The predicted molar refractivity (Wildman–Crippen MR) is 91.2 cm³/mol. The molecule has 4 nitrogen and oxygen atoms in total. The summed E-state index contributed by atoms with van der Waals surface area (Å²) >= 11 is 5.98. The van der Waals surface area contributed by atoms with Crippen LogP contribution in [0.3, 0.4) is 0 Å². The van der Waals surface area contributed by atoms with Crippen molar-refractivity contribution < 1.29 is 5.11 Å². The largest absolute Gasteiger partial charge is 0.387 e. The molecule has 1 heterocycles. The number of benzene rings is 1. The van der Waals surface area contributed by atoms with Crippen molar-refractivity contribution in [3.05, 3.63) is 47.5 Å². The normalized spacial score (nSPS) is 27.7. The van der Waals surface area contributed by atoms with Crippen molar-refractivity contribution in [2.75, 3.05) is 0 Å². The van der Waals surface area contributed by atoms with Crippen LogP contribution in [-0.4, -0.2) is 25.5 Å². The molecule has 0 amide bonds. The van der Waals surface area contributed by atoms with Gasteiger partial charge in [-0.2, -0.15) is 5.10 Å². The van der Waals surface area contributed by atoms with Crippen LogP contribution in [0.15, 0.2) is 36.9 Å². The summed E-state index contributed by atoms with van der Waals surface area (Å²) in [6.07, 6.45) is 6.17. The summed E-state index contributed by atoms with van der Waals surface area (Å²) in [5.41, 5.74) is 0.474. The summed E-state index contributed by atoms with van der Waals surface area (Å²) in [6, 6.07) is 7.95. The molecule has 3 rings (SSSR count). The van der Waals surface area contributed by atoms with E-state index in [9.17, 15) is 5.11 Å². The number of nitrogens with zero attached hydrogens (tertiary/aromatic N) is 3. The van der Waals surface area contributed by atoms with E-state index in [0.717, 1.165) is 24.3 Å². The Hall–Kier alpha value is -1.39. The molecule has 1 fully saturated rings. The number of aliphatic hydroxyl groups is 1. The molecule has 0 spiro atoms. The maximum absolute atomic E-state index is 11.6. The second-order valence-corrected chi connectivity index (χ2v) is 7.48. The standard InChI is InChI=1S/C18H24ClN3O/c1-13(2)17-8-5-15(9-14-3-6-16(19)7-4-14)18(17,23)10-22-12-20-11-21-22/h3-4,6-7,11-13,15,17,23H,5,8-10H2,1-2H3/t15?,17?,18-/m0/s1. The van der Waals surface area contributed by atoms with Crippen LogP contribution in [0.2, 0.25) is 5.02 Å². The summed E-state index contributed by atoms with van der Waals surface area (Å²) in [7, 11) is 0. The first kappa shape index (κ1) is 16.5. The van der Waals surface area contributed by atoms with Crippen molar-refractivity contribution in [3.8, 4) is 0 Å². The Morgan fingerprint density at radius 1 is 1.30 bits per heavy atom.